The number of fused-ring (bicyclic) bond motifs is 5. The average molecular weight is 480 g/mol. The Morgan fingerprint density at radius 1 is 1.30 bits per heavy atom. The van der Waals surface area contributed by atoms with Crippen LogP contribution in [-0.2, 0) is 9.59 Å². The summed E-state index contributed by atoms with van der Waals surface area (Å²) in [5, 5.41) is 20.2. The molecule has 0 radical (unpaired) electrons. The maximum Gasteiger partial charge on any atom is 0.196 e. The van der Waals surface area contributed by atoms with Gasteiger partial charge in [-0.1, -0.05) is 38.4 Å². The molecular formula is C22H26Cl3FO4. The molecule has 0 heterocycles. The van der Waals surface area contributed by atoms with E-state index >= 15 is 4.39 Å². The Kier molecular flexibility index (Phi) is 5.13. The van der Waals surface area contributed by atoms with E-state index in [1.807, 2.05) is 0 Å². The second-order valence-corrected chi connectivity index (χ2v) is 11.4. The maximum absolute atomic E-state index is 15.6. The summed E-state index contributed by atoms with van der Waals surface area (Å²) in [7, 11) is 0. The van der Waals surface area contributed by atoms with Crippen molar-refractivity contribution in [3.8, 4) is 0 Å². The number of allylic oxidation sites excluding steroid dienone is 4. The zero-order chi connectivity index (χ0) is 22.4. The zero-order valence-electron chi connectivity index (χ0n) is 17.1. The third kappa shape index (κ3) is 2.37. The van der Waals surface area contributed by atoms with Crippen LogP contribution in [0.5, 0.6) is 0 Å². The highest BCUT2D eigenvalue weighted by molar-refractivity contribution is 6.45. The van der Waals surface area contributed by atoms with Crippen molar-refractivity contribution in [3.63, 3.8) is 0 Å². The highest BCUT2D eigenvalue weighted by Gasteiger charge is 2.75. The number of ketones is 2. The number of rotatable bonds is 2. The minimum Gasteiger partial charge on any atom is -0.388 e. The number of halogens is 4. The molecule has 4 aliphatic carbocycles. The summed E-state index contributed by atoms with van der Waals surface area (Å²) in [4.78, 5) is 23.7. The number of aliphatic hydroxyl groups is 2. The van der Waals surface area contributed by atoms with Crippen LogP contribution in [0, 0.1) is 28.6 Å². The lowest BCUT2D eigenvalue weighted by atomic mass is 9.46. The molecule has 3 fully saturated rings. The third-order valence-electron chi connectivity index (χ3n) is 8.81. The fourth-order valence-corrected chi connectivity index (χ4v) is 8.85. The van der Waals surface area contributed by atoms with Crippen molar-refractivity contribution in [3.05, 3.63) is 22.8 Å². The largest absolute Gasteiger partial charge is 0.388 e. The maximum atomic E-state index is 15.6. The van der Waals surface area contributed by atoms with E-state index in [4.69, 9.17) is 34.8 Å². The van der Waals surface area contributed by atoms with E-state index < -0.39 is 62.9 Å². The van der Waals surface area contributed by atoms with E-state index in [0.717, 1.165) is 0 Å². The molecule has 30 heavy (non-hydrogen) atoms. The lowest BCUT2D eigenvalue weighted by Gasteiger charge is -2.64. The van der Waals surface area contributed by atoms with Gasteiger partial charge in [0.25, 0.3) is 0 Å². The smallest absolute Gasteiger partial charge is 0.196 e. The summed E-state index contributed by atoms with van der Waals surface area (Å²) in [6.45, 7) is 4.56. The molecule has 9 atom stereocenters. The van der Waals surface area contributed by atoms with Crippen LogP contribution in [0.4, 0.5) is 4.39 Å². The van der Waals surface area contributed by atoms with E-state index in [2.05, 4.69) is 0 Å². The first-order chi connectivity index (χ1) is 13.8. The first kappa shape index (κ1) is 22.7. The first-order valence-electron chi connectivity index (χ1n) is 10.3. The number of hydrogen-bond acceptors (Lipinski definition) is 4. The van der Waals surface area contributed by atoms with Gasteiger partial charge >= 0.3 is 0 Å². The molecule has 4 nitrogen and oxygen atoms in total. The molecule has 0 spiro atoms. The molecule has 3 unspecified atom stereocenters. The Balaban J connectivity index is 1.89. The highest BCUT2D eigenvalue weighted by atomic mass is 35.5. The normalized spacial score (nSPS) is 52.7. The summed E-state index contributed by atoms with van der Waals surface area (Å²) >= 11 is 20.5. The Hall–Kier alpha value is -0.460. The minimum absolute atomic E-state index is 0.00531. The first-order valence-corrected chi connectivity index (χ1v) is 11.5. The van der Waals surface area contributed by atoms with Gasteiger partial charge in [-0.15, -0.1) is 23.2 Å². The van der Waals surface area contributed by atoms with Crippen LogP contribution in [0.1, 0.15) is 40.0 Å². The number of aliphatic hydroxyl groups excluding tert-OH is 1. The molecule has 0 bridgehead atoms. The van der Waals surface area contributed by atoms with Crippen LogP contribution >= 0.6 is 34.8 Å². The van der Waals surface area contributed by atoms with Crippen LogP contribution in [0.2, 0.25) is 0 Å². The molecule has 4 aliphatic rings. The molecule has 0 amide bonds. The number of carbonyl (C=O) groups is 2. The topological polar surface area (TPSA) is 74.6 Å². The second-order valence-electron chi connectivity index (χ2n) is 9.89. The molecule has 8 heteroatoms. The van der Waals surface area contributed by atoms with Gasteiger partial charge in [0.1, 0.15) is 18.4 Å². The second kappa shape index (κ2) is 6.77. The van der Waals surface area contributed by atoms with Crippen molar-refractivity contribution in [1.29, 1.82) is 0 Å². The predicted octanol–water partition coefficient (Wildman–Crippen LogP) is 3.93. The van der Waals surface area contributed by atoms with E-state index in [1.165, 1.54) is 6.08 Å². The van der Waals surface area contributed by atoms with Gasteiger partial charge in [-0.05, 0) is 48.7 Å². The number of alkyl halides is 3. The molecule has 166 valence electrons. The molecule has 0 aromatic carbocycles. The summed E-state index contributed by atoms with van der Waals surface area (Å²) in [5.74, 6) is -2.28. The minimum atomic E-state index is -1.77. The molecular weight excluding hydrogens is 454 g/mol. The Labute approximate surface area is 190 Å². The quantitative estimate of drug-likeness (QED) is 0.589. The van der Waals surface area contributed by atoms with Gasteiger partial charge in [-0.25, -0.2) is 4.39 Å². The molecule has 0 saturated heterocycles. The van der Waals surface area contributed by atoms with Crippen LogP contribution < -0.4 is 0 Å². The summed E-state index contributed by atoms with van der Waals surface area (Å²) < 4.78 is 15.6. The molecule has 0 aromatic rings. The van der Waals surface area contributed by atoms with Gasteiger partial charge in [-0.3, -0.25) is 9.59 Å². The summed E-state index contributed by atoms with van der Waals surface area (Å²) in [6.07, 6.45) is 2.13. The molecule has 0 aromatic heterocycles. The predicted molar refractivity (Wildman–Crippen MR) is 113 cm³/mol. The van der Waals surface area contributed by atoms with Gasteiger partial charge in [0, 0.05) is 10.8 Å². The van der Waals surface area contributed by atoms with Crippen LogP contribution in [-0.4, -0.2) is 50.4 Å². The SMILES string of the molecule is CC1C[C@H]2[C@@H]3CC(F)C4=C(Cl)C(=O)C=C[C@]4(C)[C@@]3(Cl)C(Cl)C[C@]2(C)[C@@]1(O)C(=O)CO. The molecule has 4 rings (SSSR count). The van der Waals surface area contributed by atoms with Crippen LogP contribution in [0.3, 0.4) is 0 Å². The van der Waals surface area contributed by atoms with Crippen LogP contribution in [0.15, 0.2) is 22.8 Å². The molecule has 0 aliphatic heterocycles. The van der Waals surface area contributed by atoms with E-state index in [9.17, 15) is 19.8 Å². The van der Waals surface area contributed by atoms with Gasteiger partial charge in [0.05, 0.1) is 15.3 Å². The van der Waals surface area contributed by atoms with E-state index in [1.54, 1.807) is 26.8 Å². The van der Waals surface area contributed by atoms with Crippen molar-refractivity contribution in [2.75, 3.05) is 6.61 Å². The summed E-state index contributed by atoms with van der Waals surface area (Å²) in [6, 6.07) is 0. The fourth-order valence-electron chi connectivity index (χ4n) is 7.28. The Morgan fingerprint density at radius 2 is 1.93 bits per heavy atom. The van der Waals surface area contributed by atoms with Crippen molar-refractivity contribution in [2.24, 2.45) is 28.6 Å². The molecule has 2 N–H and O–H groups in total. The standard InChI is InChI=1S/C22H26Cl3FO4/c1-10-6-11-12-7-13(26)17-18(24)14(28)4-5-19(17,2)21(12,25)15(23)8-20(11,3)22(10,30)16(29)9-27/h4-5,10-13,15,27,30H,6-9H2,1-3H3/t10?,11-,12-,13?,15?,19-,20-,21-,22-/m0/s1. The van der Waals surface area contributed by atoms with Gasteiger partial charge in [-0.2, -0.15) is 0 Å². The Bertz CT molecular complexity index is 890. The van der Waals surface area contributed by atoms with Gasteiger partial charge in [0.2, 0.25) is 0 Å². The average Bonchev–Trinajstić information content (AvgIpc) is 2.88. The van der Waals surface area contributed by atoms with Crippen LogP contribution in [0.25, 0.3) is 0 Å². The van der Waals surface area contributed by atoms with Gasteiger partial charge in [0.15, 0.2) is 11.6 Å². The highest BCUT2D eigenvalue weighted by Crippen LogP contribution is 2.72. The van der Waals surface area contributed by atoms with Gasteiger partial charge < -0.3 is 10.2 Å². The van der Waals surface area contributed by atoms with E-state index in [-0.39, 0.29) is 29.4 Å². The van der Waals surface area contributed by atoms with Crippen molar-refractivity contribution >= 4 is 46.4 Å². The lowest BCUT2D eigenvalue weighted by Crippen LogP contribution is -2.69. The number of carbonyl (C=O) groups excluding carboxylic acids is 2. The third-order valence-corrected chi connectivity index (χ3v) is 10.7. The molecule has 3 saturated carbocycles. The van der Waals surface area contributed by atoms with E-state index in [0.29, 0.717) is 6.42 Å². The monoisotopic (exact) mass is 478 g/mol. The Morgan fingerprint density at radius 3 is 2.53 bits per heavy atom. The lowest BCUT2D eigenvalue weighted by molar-refractivity contribution is -0.168. The fraction of sp³-hybridized carbons (Fsp3) is 0.727. The number of Topliss-reactive ketones (excluding diaryl/α,β-unsaturated/α-hetero) is 1. The zero-order valence-corrected chi connectivity index (χ0v) is 19.4. The van der Waals surface area contributed by atoms with Crippen molar-refractivity contribution in [1.82, 2.24) is 0 Å². The number of hydrogen-bond donors (Lipinski definition) is 2. The van der Waals surface area contributed by atoms with Crippen molar-refractivity contribution < 1.29 is 24.2 Å². The summed E-state index contributed by atoms with van der Waals surface area (Å²) in [5.41, 5.74) is -3.64. The van der Waals surface area contributed by atoms with Crippen molar-refractivity contribution in [2.45, 2.75) is 62.1 Å².